The van der Waals surface area contributed by atoms with Gasteiger partial charge in [0.1, 0.15) is 17.0 Å². The van der Waals surface area contributed by atoms with Crippen molar-refractivity contribution < 1.29 is 47.9 Å². The first-order chi connectivity index (χ1) is 18.3. The molecule has 0 aliphatic rings. The lowest BCUT2D eigenvalue weighted by atomic mass is 10.2. The number of azo groups is 1. The summed E-state index contributed by atoms with van der Waals surface area (Å²) in [5.41, 5.74) is -5.58. The van der Waals surface area contributed by atoms with Gasteiger partial charge in [-0.2, -0.15) is 44.6 Å². The fraction of sp³-hybridized carbons (Fsp3) is 0.318. The average molecular weight is 600 g/mol. The van der Waals surface area contributed by atoms with Crippen molar-refractivity contribution in [2.75, 3.05) is 5.75 Å². The summed E-state index contributed by atoms with van der Waals surface area (Å²) in [4.78, 5) is 9.87. The van der Waals surface area contributed by atoms with Crippen LogP contribution in [0.3, 0.4) is 0 Å². The van der Waals surface area contributed by atoms with E-state index in [2.05, 4.69) is 25.2 Å². The van der Waals surface area contributed by atoms with Crippen LogP contribution >= 0.6 is 0 Å². The minimum Gasteiger partial charge on any atom is -0.324 e. The molecule has 0 amide bonds. The monoisotopic (exact) mass is 600 g/mol. The van der Waals surface area contributed by atoms with Crippen LogP contribution in [0, 0.1) is 0 Å². The minimum absolute atomic E-state index is 0.0585. The van der Waals surface area contributed by atoms with Crippen LogP contribution in [0.4, 0.5) is 45.3 Å². The van der Waals surface area contributed by atoms with Crippen LogP contribution in [-0.2, 0) is 29.2 Å². The van der Waals surface area contributed by atoms with Crippen LogP contribution in [0.5, 0.6) is 0 Å². The van der Waals surface area contributed by atoms with Crippen LogP contribution in [0.2, 0.25) is 0 Å². The smallest absolute Gasteiger partial charge is 0.324 e. The summed E-state index contributed by atoms with van der Waals surface area (Å²) in [5.74, 6) is -2.49. The van der Waals surface area contributed by atoms with Crippen molar-refractivity contribution in [1.82, 2.24) is 19.5 Å². The molecule has 18 heteroatoms. The number of sulfone groups is 1. The van der Waals surface area contributed by atoms with E-state index in [1.54, 1.807) is 0 Å². The summed E-state index contributed by atoms with van der Waals surface area (Å²) < 4.78 is 147. The van der Waals surface area contributed by atoms with Crippen molar-refractivity contribution >= 4 is 26.7 Å². The van der Waals surface area contributed by atoms with Crippen LogP contribution in [0.1, 0.15) is 25.1 Å². The number of pyridine rings is 2. The van der Waals surface area contributed by atoms with Gasteiger partial charge in [-0.1, -0.05) is 19.1 Å². The molecule has 0 radical (unpaired) electrons. The summed E-state index contributed by atoms with van der Waals surface area (Å²) in [7, 11) is -3.26. The number of hydrogen-bond donors (Lipinski definition) is 0. The Hall–Kier alpha value is -3.83. The molecule has 0 N–H and O–H groups in total. The Kier molecular flexibility index (Phi) is 8.16. The highest BCUT2D eigenvalue weighted by molar-refractivity contribution is 7.91. The van der Waals surface area contributed by atoms with Crippen molar-refractivity contribution in [3.8, 4) is 11.5 Å². The Bertz CT molecular complexity index is 1630. The van der Waals surface area contributed by atoms with Gasteiger partial charge < -0.3 is 4.57 Å². The Balaban J connectivity index is 2.37. The molecule has 0 saturated carbocycles. The normalized spacial score (nSPS) is 14.2. The second-order valence-electron chi connectivity index (χ2n) is 7.96. The molecule has 40 heavy (non-hydrogen) atoms. The first-order valence-electron chi connectivity index (χ1n) is 10.9. The van der Waals surface area contributed by atoms with Gasteiger partial charge >= 0.3 is 18.5 Å². The molecule has 3 aromatic heterocycles. The van der Waals surface area contributed by atoms with Gasteiger partial charge in [-0.05, 0) is 19.1 Å². The fourth-order valence-corrected chi connectivity index (χ4v) is 4.35. The van der Waals surface area contributed by atoms with Gasteiger partial charge in [0, 0.05) is 7.05 Å². The van der Waals surface area contributed by atoms with E-state index in [4.69, 9.17) is 0 Å². The molecule has 0 atom stereocenters. The van der Waals surface area contributed by atoms with Gasteiger partial charge in [-0.25, -0.2) is 23.4 Å². The van der Waals surface area contributed by atoms with E-state index < -0.39 is 73.2 Å². The number of fused-ring (bicyclic) bond motifs is 1. The van der Waals surface area contributed by atoms with Crippen molar-refractivity contribution in [2.45, 2.75) is 37.3 Å². The predicted molar refractivity (Wildman–Crippen MR) is 123 cm³/mol. The largest absolute Gasteiger partial charge is 0.433 e. The third-order valence-electron chi connectivity index (χ3n) is 5.28. The Labute approximate surface area is 219 Å². The Morgan fingerprint density at radius 1 is 1.02 bits per heavy atom. The zero-order valence-electron chi connectivity index (χ0n) is 20.5. The number of hydrogen-bond acceptors (Lipinski definition) is 7. The highest BCUT2D eigenvalue weighted by Crippen LogP contribution is 2.41. The quantitative estimate of drug-likeness (QED) is 0.173. The van der Waals surface area contributed by atoms with Gasteiger partial charge in [-0.15, -0.1) is 5.11 Å². The summed E-state index contributed by atoms with van der Waals surface area (Å²) >= 11 is 0. The zero-order valence-corrected chi connectivity index (χ0v) is 21.3. The molecule has 0 spiro atoms. The van der Waals surface area contributed by atoms with Gasteiger partial charge in [0.05, 0.1) is 39.7 Å². The van der Waals surface area contributed by atoms with E-state index in [1.165, 1.54) is 14.0 Å². The molecule has 0 saturated heterocycles. The summed E-state index contributed by atoms with van der Waals surface area (Å²) in [5, 5.41) is 6.23. The van der Waals surface area contributed by atoms with Crippen molar-refractivity contribution in [3.63, 3.8) is 0 Å². The molecular formula is C22H17F9N6O2S. The highest BCUT2D eigenvalue weighted by atomic mass is 32.2. The molecule has 0 bridgehead atoms. The zero-order chi connectivity index (χ0) is 30.3. The summed E-state index contributed by atoms with van der Waals surface area (Å²) in [6, 6.07) is 0.719. The molecule has 3 heterocycles. The Morgan fingerprint density at radius 2 is 1.68 bits per heavy atom. The van der Waals surface area contributed by atoms with Gasteiger partial charge in [-0.3, -0.25) is 0 Å². The molecule has 0 aliphatic carbocycles. The molecule has 8 nitrogen and oxygen atoms in total. The van der Waals surface area contributed by atoms with E-state index >= 15 is 0 Å². The first-order valence-corrected chi connectivity index (χ1v) is 12.5. The maximum absolute atomic E-state index is 13.9. The topological polar surface area (TPSA) is 102 Å². The highest BCUT2D eigenvalue weighted by Gasteiger charge is 2.39. The second-order valence-corrected chi connectivity index (χ2v) is 10.2. The SMILES string of the molecule is C/C=C\C(=C/N=Nc1nc(-c2nc3cc(C(F)(F)F)ncc3n2C)c(S(=O)(=O)CC)cc1C(F)(F)F)C(F)(F)F. The molecule has 0 aliphatic heterocycles. The number of nitrogens with zero attached hydrogens (tertiary/aromatic N) is 6. The van der Waals surface area contributed by atoms with E-state index in [0.29, 0.717) is 12.1 Å². The van der Waals surface area contributed by atoms with E-state index in [9.17, 15) is 47.9 Å². The number of rotatable bonds is 6. The maximum atomic E-state index is 13.9. The van der Waals surface area contributed by atoms with Crippen molar-refractivity contribution in [3.05, 3.63) is 53.5 Å². The van der Waals surface area contributed by atoms with Crippen LogP contribution in [0.25, 0.3) is 22.6 Å². The van der Waals surface area contributed by atoms with Crippen molar-refractivity contribution in [1.29, 1.82) is 0 Å². The van der Waals surface area contributed by atoms with Gasteiger partial charge in [0.2, 0.25) is 0 Å². The third kappa shape index (κ3) is 6.31. The van der Waals surface area contributed by atoms with Gasteiger partial charge in [0.15, 0.2) is 21.5 Å². The van der Waals surface area contributed by atoms with E-state index in [1.807, 2.05) is 0 Å². The molecule has 0 fully saturated rings. The lowest BCUT2D eigenvalue weighted by molar-refractivity contribution is -0.141. The van der Waals surface area contributed by atoms with Crippen molar-refractivity contribution in [2.24, 2.45) is 17.3 Å². The maximum Gasteiger partial charge on any atom is 0.433 e. The minimum atomic E-state index is -5.28. The van der Waals surface area contributed by atoms with Crippen LogP contribution in [0.15, 0.2) is 57.4 Å². The molecule has 0 unspecified atom stereocenters. The molecule has 216 valence electrons. The molecule has 0 aromatic carbocycles. The third-order valence-corrected chi connectivity index (χ3v) is 7.02. The number of aromatic nitrogens is 4. The number of imidazole rings is 1. The standard InChI is InChI=1S/C22H17F9N6O2S/c1-4-6-11(20(23,24)25)9-33-36-18-12(21(26,27)28)7-15(40(38,39)5-2)17(35-18)19-34-13-8-16(22(29,30)31)32-10-14(13)37(19)3/h4,6-10H,5H2,1-3H3/b6-4-,11-9+,36-33?. The lowest BCUT2D eigenvalue weighted by Gasteiger charge is -2.14. The number of halogens is 9. The van der Waals surface area contributed by atoms with Crippen LogP contribution in [-0.4, -0.2) is 39.9 Å². The summed E-state index contributed by atoms with van der Waals surface area (Å²) in [6.07, 6.45) is -12.6. The number of aryl methyl sites for hydroxylation is 1. The summed E-state index contributed by atoms with van der Waals surface area (Å²) in [6.45, 7) is 2.38. The molecular weight excluding hydrogens is 583 g/mol. The average Bonchev–Trinajstić information content (AvgIpc) is 3.17. The Morgan fingerprint density at radius 3 is 2.20 bits per heavy atom. The van der Waals surface area contributed by atoms with Gasteiger partial charge in [0.25, 0.3) is 0 Å². The fourth-order valence-electron chi connectivity index (χ4n) is 3.31. The van der Waals surface area contributed by atoms with E-state index in [0.717, 1.165) is 23.8 Å². The predicted octanol–water partition coefficient (Wildman–Crippen LogP) is 6.97. The lowest BCUT2D eigenvalue weighted by Crippen LogP contribution is -2.14. The second kappa shape index (κ2) is 10.6. The number of allylic oxidation sites excluding steroid dienone is 3. The van der Waals surface area contributed by atoms with E-state index in [-0.39, 0.29) is 23.3 Å². The number of alkyl halides is 9. The molecule has 3 aromatic rings. The first kappa shape index (κ1) is 30.7. The molecule has 3 rings (SSSR count). The van der Waals surface area contributed by atoms with Crippen LogP contribution < -0.4 is 0 Å².